The number of amides is 2. The molecule has 2 amide bonds. The summed E-state index contributed by atoms with van der Waals surface area (Å²) in [7, 11) is 3.88. The lowest BCUT2D eigenvalue weighted by molar-refractivity contribution is -0.117. The van der Waals surface area contributed by atoms with Gasteiger partial charge < -0.3 is 14.6 Å². The second-order valence-electron chi connectivity index (χ2n) is 8.39. The van der Waals surface area contributed by atoms with Gasteiger partial charge in [-0.05, 0) is 66.2 Å². The van der Waals surface area contributed by atoms with E-state index in [2.05, 4.69) is 15.8 Å². The third-order valence-corrected chi connectivity index (χ3v) is 5.98. The van der Waals surface area contributed by atoms with Crippen LogP contribution in [0.5, 0.6) is 0 Å². The highest BCUT2D eigenvalue weighted by Crippen LogP contribution is 2.31. The van der Waals surface area contributed by atoms with E-state index in [-0.39, 0.29) is 5.70 Å². The van der Waals surface area contributed by atoms with Gasteiger partial charge in [0.25, 0.3) is 11.8 Å². The van der Waals surface area contributed by atoms with Crippen LogP contribution in [0.2, 0.25) is 10.0 Å². The lowest BCUT2D eigenvalue weighted by Gasteiger charge is -2.12. The summed E-state index contributed by atoms with van der Waals surface area (Å²) in [5.74, 6) is -0.105. The number of carbonyl (C=O) groups is 2. The van der Waals surface area contributed by atoms with Crippen LogP contribution < -0.4 is 15.6 Å². The largest absolute Gasteiger partial charge is 0.455 e. The monoisotopic (exact) mass is 546 g/mol. The fourth-order valence-corrected chi connectivity index (χ4v) is 3.95. The number of hydrogen-bond acceptors (Lipinski definition) is 5. The minimum atomic E-state index is -0.602. The van der Waals surface area contributed by atoms with Gasteiger partial charge in [-0.1, -0.05) is 53.5 Å². The Hall–Kier alpha value is -4.33. The first-order chi connectivity index (χ1) is 18.3. The zero-order valence-electron chi connectivity index (χ0n) is 20.6. The van der Waals surface area contributed by atoms with Crippen LogP contribution in [0.15, 0.2) is 100 Å². The third-order valence-electron chi connectivity index (χ3n) is 5.43. The predicted molar refractivity (Wildman–Crippen MR) is 153 cm³/mol. The molecule has 3 aromatic carbocycles. The van der Waals surface area contributed by atoms with Crippen molar-refractivity contribution in [3.63, 3.8) is 0 Å². The minimum Gasteiger partial charge on any atom is -0.455 e. The van der Waals surface area contributed by atoms with Crippen molar-refractivity contribution in [3.05, 3.63) is 118 Å². The number of hydrazone groups is 1. The van der Waals surface area contributed by atoms with E-state index in [0.29, 0.717) is 32.7 Å². The molecule has 1 aromatic heterocycles. The zero-order valence-corrected chi connectivity index (χ0v) is 22.1. The van der Waals surface area contributed by atoms with Gasteiger partial charge in [0.15, 0.2) is 0 Å². The van der Waals surface area contributed by atoms with E-state index in [1.807, 2.05) is 49.3 Å². The molecule has 0 radical (unpaired) electrons. The van der Waals surface area contributed by atoms with Crippen molar-refractivity contribution >= 4 is 53.0 Å². The van der Waals surface area contributed by atoms with Gasteiger partial charge in [0.05, 0.1) is 11.2 Å². The first kappa shape index (κ1) is 26.7. The first-order valence-electron chi connectivity index (χ1n) is 11.5. The molecule has 1 heterocycles. The van der Waals surface area contributed by atoms with Crippen molar-refractivity contribution in [2.45, 2.75) is 0 Å². The topological polar surface area (TPSA) is 86.9 Å². The summed E-state index contributed by atoms with van der Waals surface area (Å²) in [6.07, 6.45) is 2.94. The summed E-state index contributed by atoms with van der Waals surface area (Å²) in [5.41, 5.74) is 5.30. The molecule has 0 aliphatic carbocycles. The van der Waals surface area contributed by atoms with Crippen molar-refractivity contribution in [1.29, 1.82) is 0 Å². The summed E-state index contributed by atoms with van der Waals surface area (Å²) in [6.45, 7) is 0. The molecular weight excluding hydrogens is 523 g/mol. The Labute approximate surface area is 230 Å². The van der Waals surface area contributed by atoms with Gasteiger partial charge in [-0.25, -0.2) is 5.43 Å². The molecule has 0 spiro atoms. The van der Waals surface area contributed by atoms with E-state index >= 15 is 0 Å². The van der Waals surface area contributed by atoms with E-state index in [4.69, 9.17) is 27.6 Å². The molecule has 4 aromatic rings. The number of nitrogens with one attached hydrogen (secondary N) is 2. The highest BCUT2D eigenvalue weighted by Gasteiger charge is 2.15. The Bertz CT molecular complexity index is 1490. The molecule has 9 heteroatoms. The Kier molecular flexibility index (Phi) is 8.63. The molecule has 0 saturated carbocycles. The van der Waals surface area contributed by atoms with Gasteiger partial charge in [0, 0.05) is 35.9 Å². The molecule has 2 N–H and O–H groups in total. The summed E-state index contributed by atoms with van der Waals surface area (Å²) in [5, 5.41) is 7.64. The summed E-state index contributed by atoms with van der Waals surface area (Å²) < 4.78 is 5.76. The van der Waals surface area contributed by atoms with Crippen LogP contribution in [-0.2, 0) is 4.79 Å². The minimum absolute atomic E-state index is 0.0293. The number of anilines is 1. The molecule has 0 fully saturated rings. The van der Waals surface area contributed by atoms with Crippen LogP contribution >= 0.6 is 23.2 Å². The van der Waals surface area contributed by atoms with Crippen LogP contribution in [-0.4, -0.2) is 32.1 Å². The molecule has 7 nitrogen and oxygen atoms in total. The first-order valence-corrected chi connectivity index (χ1v) is 12.3. The average molecular weight is 547 g/mol. The summed E-state index contributed by atoms with van der Waals surface area (Å²) >= 11 is 12.2. The standard InChI is InChI=1S/C29H24Cl2N4O3/c1-35(2)22-11-8-19(9-12-22)16-26(33-28(36)20-6-4-3-5-7-20)29(37)34-32-18-23-13-15-27(38-23)24-14-10-21(30)17-25(24)31/h3-18H,1-2H3,(H,33,36)(H,34,37). The average Bonchev–Trinajstić information content (AvgIpc) is 3.37. The van der Waals surface area contributed by atoms with Crippen LogP contribution in [0.3, 0.4) is 0 Å². The number of halogens is 2. The van der Waals surface area contributed by atoms with Gasteiger partial charge >= 0.3 is 0 Å². The second-order valence-corrected chi connectivity index (χ2v) is 9.23. The third kappa shape index (κ3) is 6.91. The summed E-state index contributed by atoms with van der Waals surface area (Å²) in [4.78, 5) is 27.7. The lowest BCUT2D eigenvalue weighted by atomic mass is 10.1. The highest BCUT2D eigenvalue weighted by atomic mass is 35.5. The highest BCUT2D eigenvalue weighted by molar-refractivity contribution is 6.36. The Morgan fingerprint density at radius 1 is 0.921 bits per heavy atom. The van der Waals surface area contributed by atoms with E-state index < -0.39 is 11.8 Å². The molecule has 0 aliphatic heterocycles. The summed E-state index contributed by atoms with van der Waals surface area (Å²) in [6, 6.07) is 24.7. The number of carbonyl (C=O) groups excluding carboxylic acids is 2. The van der Waals surface area contributed by atoms with Crippen molar-refractivity contribution in [3.8, 4) is 11.3 Å². The maximum absolute atomic E-state index is 13.0. The van der Waals surface area contributed by atoms with E-state index in [1.54, 1.807) is 60.7 Å². The fraction of sp³-hybridized carbons (Fsp3) is 0.0690. The van der Waals surface area contributed by atoms with Gasteiger partial charge in [0.1, 0.15) is 17.2 Å². The number of benzene rings is 3. The zero-order chi connectivity index (χ0) is 27.1. The van der Waals surface area contributed by atoms with Gasteiger partial charge in [-0.2, -0.15) is 5.10 Å². The number of nitrogens with zero attached hydrogens (tertiary/aromatic N) is 2. The maximum Gasteiger partial charge on any atom is 0.287 e. The van der Waals surface area contributed by atoms with Crippen LogP contribution in [0.4, 0.5) is 5.69 Å². The van der Waals surface area contributed by atoms with Crippen LogP contribution in [0.1, 0.15) is 21.7 Å². The van der Waals surface area contributed by atoms with Gasteiger partial charge in [-0.15, -0.1) is 0 Å². The molecular formula is C29H24Cl2N4O3. The normalized spacial score (nSPS) is 11.4. The Balaban J connectivity index is 1.51. The van der Waals surface area contributed by atoms with E-state index in [9.17, 15) is 9.59 Å². The smallest absolute Gasteiger partial charge is 0.287 e. The van der Waals surface area contributed by atoms with Crippen molar-refractivity contribution in [2.75, 3.05) is 19.0 Å². The molecule has 0 saturated heterocycles. The molecule has 38 heavy (non-hydrogen) atoms. The molecule has 0 bridgehead atoms. The Morgan fingerprint density at radius 2 is 1.66 bits per heavy atom. The molecule has 0 atom stereocenters. The molecule has 0 unspecified atom stereocenters. The van der Waals surface area contributed by atoms with E-state index in [1.165, 1.54) is 6.21 Å². The predicted octanol–water partition coefficient (Wildman–Crippen LogP) is 6.24. The number of rotatable bonds is 8. The van der Waals surface area contributed by atoms with Crippen LogP contribution in [0, 0.1) is 0 Å². The lowest BCUT2D eigenvalue weighted by Crippen LogP contribution is -2.32. The van der Waals surface area contributed by atoms with Crippen molar-refractivity contribution in [1.82, 2.24) is 10.7 Å². The van der Waals surface area contributed by atoms with Crippen molar-refractivity contribution in [2.24, 2.45) is 5.10 Å². The molecule has 192 valence electrons. The SMILES string of the molecule is CN(C)c1ccc(C=C(NC(=O)c2ccccc2)C(=O)NN=Cc2ccc(-c3ccc(Cl)cc3Cl)o2)cc1. The van der Waals surface area contributed by atoms with Crippen LogP contribution in [0.25, 0.3) is 17.4 Å². The number of furan rings is 1. The van der Waals surface area contributed by atoms with Gasteiger partial charge in [0.2, 0.25) is 0 Å². The quantitative estimate of drug-likeness (QED) is 0.155. The van der Waals surface area contributed by atoms with Gasteiger partial charge in [-0.3, -0.25) is 9.59 Å². The maximum atomic E-state index is 13.0. The van der Waals surface area contributed by atoms with Crippen molar-refractivity contribution < 1.29 is 14.0 Å². The second kappa shape index (κ2) is 12.3. The fourth-order valence-electron chi connectivity index (χ4n) is 3.45. The molecule has 0 aliphatic rings. The van der Waals surface area contributed by atoms with E-state index in [0.717, 1.165) is 11.3 Å². The number of hydrogen-bond donors (Lipinski definition) is 2. The molecule has 4 rings (SSSR count). The Morgan fingerprint density at radius 3 is 2.34 bits per heavy atom.